The van der Waals surface area contributed by atoms with E-state index >= 15 is 0 Å². The summed E-state index contributed by atoms with van der Waals surface area (Å²) in [4.78, 5) is 25.7. The Balaban J connectivity index is 3.37. The second-order valence-corrected chi connectivity index (χ2v) is 8.00. The number of nitrogens with zero attached hydrogens (tertiary/aromatic N) is 1. The number of methoxy groups -OCH3 is 1. The minimum absolute atomic E-state index is 0.105. The van der Waals surface area contributed by atoms with Crippen LogP contribution in [0.25, 0.3) is 0 Å². The number of carbonyl (C=O) groups excluding carboxylic acids is 2. The number of nitrogens with one attached hydrogen (secondary N) is 2. The van der Waals surface area contributed by atoms with Gasteiger partial charge in [0.05, 0.1) is 18.4 Å². The molecule has 2 amide bonds. The van der Waals surface area contributed by atoms with Gasteiger partial charge in [-0.2, -0.15) is 4.72 Å². The highest BCUT2D eigenvalue weighted by Gasteiger charge is 2.47. The summed E-state index contributed by atoms with van der Waals surface area (Å²) in [5, 5.41) is 9.13. The van der Waals surface area contributed by atoms with Crippen molar-refractivity contribution in [3.8, 4) is 5.75 Å². The highest BCUT2D eigenvalue weighted by Crippen LogP contribution is 2.26. The number of carbonyl (C=O) groups is 2. The summed E-state index contributed by atoms with van der Waals surface area (Å²) < 4.78 is 32.9. The lowest BCUT2D eigenvalue weighted by molar-refractivity contribution is -0.142. The van der Waals surface area contributed by atoms with E-state index in [1.807, 2.05) is 0 Å². The minimum Gasteiger partial charge on any atom is -0.497 e. The molecule has 146 valence electrons. The Kier molecular flexibility index (Phi) is 7.13. The van der Waals surface area contributed by atoms with Crippen molar-refractivity contribution in [1.29, 1.82) is 0 Å². The van der Waals surface area contributed by atoms with E-state index < -0.39 is 39.7 Å². The van der Waals surface area contributed by atoms with Crippen LogP contribution >= 0.6 is 0 Å². The molecule has 3 N–H and O–H groups in total. The highest BCUT2D eigenvalue weighted by atomic mass is 32.2. The lowest BCUT2D eigenvalue weighted by Gasteiger charge is -2.35. The highest BCUT2D eigenvalue weighted by molar-refractivity contribution is 7.89. The molecule has 0 spiro atoms. The van der Waals surface area contributed by atoms with Crippen LogP contribution in [-0.2, 0) is 19.6 Å². The molecule has 0 fully saturated rings. The molecule has 1 rings (SSSR count). The van der Waals surface area contributed by atoms with Crippen LogP contribution in [0.4, 0.5) is 0 Å². The first-order valence-electron chi connectivity index (χ1n) is 7.83. The molecule has 0 aliphatic heterocycles. The molecule has 9 nitrogen and oxygen atoms in total. The van der Waals surface area contributed by atoms with Crippen LogP contribution in [0.3, 0.4) is 0 Å². The summed E-state index contributed by atoms with van der Waals surface area (Å²) >= 11 is 0. The largest absolute Gasteiger partial charge is 0.497 e. The van der Waals surface area contributed by atoms with Gasteiger partial charge in [0.2, 0.25) is 15.9 Å². The summed E-state index contributed by atoms with van der Waals surface area (Å²) in [5.41, 5.74) is -0.399. The zero-order chi connectivity index (χ0) is 20.1. The van der Waals surface area contributed by atoms with Crippen LogP contribution in [0, 0.1) is 5.92 Å². The van der Waals surface area contributed by atoms with Gasteiger partial charge in [-0.1, -0.05) is 13.8 Å². The van der Waals surface area contributed by atoms with Gasteiger partial charge in [-0.3, -0.25) is 14.8 Å². The molecule has 26 heavy (non-hydrogen) atoms. The van der Waals surface area contributed by atoms with E-state index in [2.05, 4.69) is 4.72 Å². The first-order valence-corrected chi connectivity index (χ1v) is 9.31. The molecule has 1 aromatic carbocycles. The maximum Gasteiger partial charge on any atom is 0.265 e. The molecule has 0 saturated carbocycles. The van der Waals surface area contributed by atoms with Crippen LogP contribution in [0.2, 0.25) is 0 Å². The molecule has 1 atom stereocenters. The first-order chi connectivity index (χ1) is 12.0. The van der Waals surface area contributed by atoms with Crippen molar-refractivity contribution in [2.24, 2.45) is 5.92 Å². The normalized spacial score (nSPS) is 13.8. The third kappa shape index (κ3) is 4.71. The second kappa shape index (κ2) is 8.47. The van der Waals surface area contributed by atoms with Gasteiger partial charge in [0, 0.05) is 14.1 Å². The second-order valence-electron chi connectivity index (χ2n) is 6.31. The number of benzene rings is 1. The number of rotatable bonds is 8. The minimum atomic E-state index is -4.16. The number of hydrogen-bond acceptors (Lipinski definition) is 6. The lowest BCUT2D eigenvalue weighted by Crippen LogP contribution is -2.63. The fraction of sp³-hybridized carbons (Fsp3) is 0.500. The van der Waals surface area contributed by atoms with E-state index in [1.165, 1.54) is 55.9 Å². The topological polar surface area (TPSA) is 125 Å². The molecular weight excluding hydrogens is 362 g/mol. The SMILES string of the molecule is COc1ccc(S(=O)(=O)NC(CC(=O)N(C)C)(C(=O)NO)C(C)C)cc1. The molecule has 0 heterocycles. The van der Waals surface area contributed by atoms with E-state index in [1.54, 1.807) is 13.8 Å². The molecule has 0 aliphatic carbocycles. The number of hydroxylamine groups is 1. The number of sulfonamides is 1. The number of amides is 2. The van der Waals surface area contributed by atoms with Gasteiger partial charge in [0.25, 0.3) is 5.91 Å². The van der Waals surface area contributed by atoms with Crippen LogP contribution in [0.1, 0.15) is 20.3 Å². The molecule has 1 aromatic rings. The Morgan fingerprint density at radius 2 is 1.77 bits per heavy atom. The zero-order valence-electron chi connectivity index (χ0n) is 15.4. The maximum atomic E-state index is 12.8. The molecule has 0 aromatic heterocycles. The Morgan fingerprint density at radius 3 is 2.15 bits per heavy atom. The Morgan fingerprint density at radius 1 is 1.23 bits per heavy atom. The van der Waals surface area contributed by atoms with Crippen molar-refractivity contribution in [2.75, 3.05) is 21.2 Å². The predicted molar refractivity (Wildman–Crippen MR) is 94.1 cm³/mol. The molecule has 0 radical (unpaired) electrons. The number of ether oxygens (including phenoxy) is 1. The van der Waals surface area contributed by atoms with E-state index in [0.29, 0.717) is 5.75 Å². The third-order valence-corrected chi connectivity index (χ3v) is 5.63. The average molecular weight is 387 g/mol. The van der Waals surface area contributed by atoms with Crippen molar-refractivity contribution in [1.82, 2.24) is 15.1 Å². The summed E-state index contributed by atoms with van der Waals surface area (Å²) in [6.45, 7) is 3.16. The van der Waals surface area contributed by atoms with E-state index in [0.717, 1.165) is 0 Å². The van der Waals surface area contributed by atoms with Gasteiger partial charge in [0.15, 0.2) is 0 Å². The van der Waals surface area contributed by atoms with Crippen molar-refractivity contribution in [3.05, 3.63) is 24.3 Å². The van der Waals surface area contributed by atoms with E-state index in [-0.39, 0.29) is 4.90 Å². The molecule has 0 aliphatic rings. The molecule has 1 unspecified atom stereocenters. The van der Waals surface area contributed by atoms with Crippen LogP contribution in [0.15, 0.2) is 29.2 Å². The fourth-order valence-electron chi connectivity index (χ4n) is 2.30. The molecule has 10 heteroatoms. The van der Waals surface area contributed by atoms with Crippen LogP contribution in [0.5, 0.6) is 5.75 Å². The summed E-state index contributed by atoms with van der Waals surface area (Å²) in [5.74, 6) is -1.65. The van der Waals surface area contributed by atoms with Crippen LogP contribution in [-0.4, -0.2) is 57.1 Å². The van der Waals surface area contributed by atoms with Crippen molar-refractivity contribution in [2.45, 2.75) is 30.7 Å². The third-order valence-electron chi connectivity index (χ3n) is 4.11. The first kappa shape index (κ1) is 21.9. The average Bonchev–Trinajstić information content (AvgIpc) is 2.59. The van der Waals surface area contributed by atoms with Crippen molar-refractivity contribution < 1.29 is 28.0 Å². The van der Waals surface area contributed by atoms with Gasteiger partial charge in [-0.25, -0.2) is 13.9 Å². The van der Waals surface area contributed by atoms with E-state index in [4.69, 9.17) is 9.94 Å². The fourth-order valence-corrected chi connectivity index (χ4v) is 3.79. The monoisotopic (exact) mass is 387 g/mol. The lowest BCUT2D eigenvalue weighted by atomic mass is 9.83. The summed E-state index contributed by atoms with van der Waals surface area (Å²) in [6, 6.07) is 5.55. The predicted octanol–water partition coefficient (Wildman–Crippen LogP) is 0.352. The smallest absolute Gasteiger partial charge is 0.265 e. The van der Waals surface area contributed by atoms with Gasteiger partial charge in [0.1, 0.15) is 11.3 Å². The van der Waals surface area contributed by atoms with Crippen molar-refractivity contribution in [3.63, 3.8) is 0 Å². The molecular formula is C16H25N3O6S. The van der Waals surface area contributed by atoms with Gasteiger partial charge >= 0.3 is 0 Å². The molecule has 0 saturated heterocycles. The standard InChI is InChI=1S/C16H25N3O6S/c1-11(2)16(15(21)17-22,10-14(20)19(3)4)18-26(23,24)13-8-6-12(25-5)7-9-13/h6-9,11,18,22H,10H2,1-5H3,(H,17,21). The van der Waals surface area contributed by atoms with Crippen molar-refractivity contribution >= 4 is 21.8 Å². The zero-order valence-corrected chi connectivity index (χ0v) is 16.3. The Hall–Kier alpha value is -2.17. The molecule has 0 bridgehead atoms. The summed E-state index contributed by atoms with van der Waals surface area (Å²) in [7, 11) is 0.262. The van der Waals surface area contributed by atoms with E-state index in [9.17, 15) is 18.0 Å². The van der Waals surface area contributed by atoms with Crippen LogP contribution < -0.4 is 14.9 Å². The van der Waals surface area contributed by atoms with Gasteiger partial charge in [-0.05, 0) is 30.2 Å². The number of hydrogen-bond donors (Lipinski definition) is 3. The van der Waals surface area contributed by atoms with Gasteiger partial charge < -0.3 is 9.64 Å². The van der Waals surface area contributed by atoms with Gasteiger partial charge in [-0.15, -0.1) is 0 Å². The Bertz CT molecular complexity index is 746. The quantitative estimate of drug-likeness (QED) is 0.437. The Labute approximate surface area is 153 Å². The maximum absolute atomic E-state index is 12.8. The summed E-state index contributed by atoms with van der Waals surface area (Å²) in [6.07, 6.45) is -0.459.